The summed E-state index contributed by atoms with van der Waals surface area (Å²) in [6.45, 7) is 1.63. The van der Waals surface area contributed by atoms with E-state index in [9.17, 15) is 13.6 Å². The molecule has 2 aromatic heterocycles. The van der Waals surface area contributed by atoms with Crippen molar-refractivity contribution in [1.29, 1.82) is 0 Å². The van der Waals surface area contributed by atoms with Crippen molar-refractivity contribution in [2.45, 2.75) is 13.3 Å². The third-order valence-corrected chi connectivity index (χ3v) is 3.24. The van der Waals surface area contributed by atoms with Gasteiger partial charge in [0.1, 0.15) is 5.75 Å². The molecule has 0 amide bonds. The lowest BCUT2D eigenvalue weighted by Crippen LogP contribution is -2.06. The Kier molecular flexibility index (Phi) is 4.33. The lowest BCUT2D eigenvalue weighted by molar-refractivity contribution is 0.0476. The van der Waals surface area contributed by atoms with E-state index in [1.54, 1.807) is 18.4 Å². The second-order valence-electron chi connectivity index (χ2n) is 3.61. The molecule has 0 fully saturated rings. The number of hydrogen-bond acceptors (Lipinski definition) is 6. The summed E-state index contributed by atoms with van der Waals surface area (Å²) in [5, 5.41) is 1.67. The Balaban J connectivity index is 2.40. The SMILES string of the molecule is CCOC(=O)c1oc(-c2cc(OC)cs2)nc1C(F)F. The molecule has 0 N–H and O–H groups in total. The van der Waals surface area contributed by atoms with E-state index in [2.05, 4.69) is 9.72 Å². The molecule has 2 rings (SSSR count). The molecular weight excluding hydrogens is 292 g/mol. The van der Waals surface area contributed by atoms with Crippen LogP contribution < -0.4 is 4.74 Å². The van der Waals surface area contributed by atoms with Gasteiger partial charge in [0, 0.05) is 11.4 Å². The second kappa shape index (κ2) is 6.00. The summed E-state index contributed by atoms with van der Waals surface area (Å²) in [5.74, 6) is -1.02. The third-order valence-electron chi connectivity index (χ3n) is 2.34. The van der Waals surface area contributed by atoms with Gasteiger partial charge in [0.05, 0.1) is 18.6 Å². The molecule has 0 spiro atoms. The normalized spacial score (nSPS) is 10.8. The van der Waals surface area contributed by atoms with Crippen LogP contribution >= 0.6 is 11.3 Å². The van der Waals surface area contributed by atoms with Crippen LogP contribution in [0.1, 0.15) is 29.6 Å². The van der Waals surface area contributed by atoms with Crippen molar-refractivity contribution in [2.24, 2.45) is 0 Å². The molecule has 108 valence electrons. The number of thiophene rings is 1. The predicted molar refractivity (Wildman–Crippen MR) is 67.3 cm³/mol. The van der Waals surface area contributed by atoms with E-state index in [0.717, 1.165) is 0 Å². The number of methoxy groups -OCH3 is 1. The lowest BCUT2D eigenvalue weighted by Gasteiger charge is -1.99. The van der Waals surface area contributed by atoms with Gasteiger partial charge in [-0.3, -0.25) is 0 Å². The summed E-state index contributed by atoms with van der Waals surface area (Å²) in [6, 6.07) is 1.58. The van der Waals surface area contributed by atoms with E-state index in [0.29, 0.717) is 10.6 Å². The Morgan fingerprint density at radius 3 is 2.85 bits per heavy atom. The maximum atomic E-state index is 12.9. The third kappa shape index (κ3) is 2.79. The first kappa shape index (κ1) is 14.4. The molecule has 0 aromatic carbocycles. The molecule has 20 heavy (non-hydrogen) atoms. The second-order valence-corrected chi connectivity index (χ2v) is 4.52. The van der Waals surface area contributed by atoms with Gasteiger partial charge in [-0.2, -0.15) is 0 Å². The molecule has 0 bridgehead atoms. The zero-order valence-corrected chi connectivity index (χ0v) is 11.5. The molecule has 0 saturated carbocycles. The number of halogens is 2. The number of rotatable bonds is 5. The Labute approximate surface area is 117 Å². The van der Waals surface area contributed by atoms with E-state index >= 15 is 0 Å². The highest BCUT2D eigenvalue weighted by Gasteiger charge is 2.28. The summed E-state index contributed by atoms with van der Waals surface area (Å²) in [5.41, 5.74) is -0.717. The minimum absolute atomic E-state index is 0.0587. The molecule has 5 nitrogen and oxygen atoms in total. The van der Waals surface area contributed by atoms with Gasteiger partial charge in [-0.15, -0.1) is 11.3 Å². The van der Waals surface area contributed by atoms with Crippen molar-refractivity contribution in [3.8, 4) is 16.5 Å². The van der Waals surface area contributed by atoms with Crippen molar-refractivity contribution >= 4 is 17.3 Å². The molecule has 0 saturated heterocycles. The summed E-state index contributed by atoms with van der Waals surface area (Å²) in [4.78, 5) is 15.7. The van der Waals surface area contributed by atoms with Gasteiger partial charge < -0.3 is 13.9 Å². The molecular formula is C12H11F2NO4S. The minimum atomic E-state index is -2.92. The Morgan fingerprint density at radius 2 is 2.30 bits per heavy atom. The highest BCUT2D eigenvalue weighted by Crippen LogP contribution is 2.34. The molecule has 8 heteroatoms. The highest BCUT2D eigenvalue weighted by molar-refractivity contribution is 7.13. The Hall–Kier alpha value is -1.96. The van der Waals surface area contributed by atoms with E-state index in [-0.39, 0.29) is 12.5 Å². The van der Waals surface area contributed by atoms with Crippen molar-refractivity contribution in [2.75, 3.05) is 13.7 Å². The first-order valence-corrected chi connectivity index (χ1v) is 6.53. The van der Waals surface area contributed by atoms with Crippen LogP contribution in [0.5, 0.6) is 5.75 Å². The molecule has 0 aliphatic carbocycles. The van der Waals surface area contributed by atoms with Crippen LogP contribution in [0.15, 0.2) is 15.9 Å². The molecule has 0 atom stereocenters. The summed E-state index contributed by atoms with van der Waals surface area (Å²) in [7, 11) is 1.48. The van der Waals surface area contributed by atoms with Gasteiger partial charge in [0.2, 0.25) is 11.7 Å². The minimum Gasteiger partial charge on any atom is -0.496 e. The standard InChI is InChI=1S/C12H11F2NO4S/c1-3-18-12(16)9-8(10(13)14)15-11(19-9)7-4-6(17-2)5-20-7/h4-5,10H,3H2,1-2H3. The summed E-state index contributed by atoms with van der Waals surface area (Å²) >= 11 is 1.21. The average molecular weight is 303 g/mol. The zero-order valence-electron chi connectivity index (χ0n) is 10.7. The van der Waals surface area contributed by atoms with Crippen LogP contribution in [0, 0.1) is 0 Å². The van der Waals surface area contributed by atoms with Crippen molar-refractivity contribution in [3.05, 3.63) is 22.9 Å². The maximum absolute atomic E-state index is 12.9. The number of nitrogens with zero attached hydrogens (tertiary/aromatic N) is 1. The number of alkyl halides is 2. The smallest absolute Gasteiger partial charge is 0.376 e. The number of ether oxygens (including phenoxy) is 2. The van der Waals surface area contributed by atoms with Gasteiger partial charge >= 0.3 is 5.97 Å². The molecule has 0 aliphatic heterocycles. The van der Waals surface area contributed by atoms with Gasteiger partial charge in [-0.05, 0) is 6.92 Å². The number of carbonyl (C=O) groups is 1. The number of hydrogen-bond donors (Lipinski definition) is 0. The summed E-state index contributed by atoms with van der Waals surface area (Å²) < 4.78 is 40.5. The monoisotopic (exact) mass is 303 g/mol. The quantitative estimate of drug-likeness (QED) is 0.791. The van der Waals surface area contributed by atoms with Crippen molar-refractivity contribution in [3.63, 3.8) is 0 Å². The van der Waals surface area contributed by atoms with Crippen molar-refractivity contribution < 1.29 is 27.5 Å². The highest BCUT2D eigenvalue weighted by atomic mass is 32.1. The van der Waals surface area contributed by atoms with E-state index in [4.69, 9.17) is 9.15 Å². The lowest BCUT2D eigenvalue weighted by atomic mass is 10.3. The van der Waals surface area contributed by atoms with Gasteiger partial charge in [0.15, 0.2) is 5.69 Å². The van der Waals surface area contributed by atoms with Crippen LogP contribution in [0.3, 0.4) is 0 Å². The molecule has 0 aliphatic rings. The van der Waals surface area contributed by atoms with E-state index < -0.39 is 23.8 Å². The topological polar surface area (TPSA) is 61.6 Å². The Morgan fingerprint density at radius 1 is 1.55 bits per heavy atom. The number of esters is 1. The largest absolute Gasteiger partial charge is 0.496 e. The zero-order chi connectivity index (χ0) is 14.7. The van der Waals surface area contributed by atoms with Gasteiger partial charge in [-0.1, -0.05) is 0 Å². The number of aromatic nitrogens is 1. The van der Waals surface area contributed by atoms with Crippen LogP contribution in [0.2, 0.25) is 0 Å². The van der Waals surface area contributed by atoms with Crippen LogP contribution in [0.25, 0.3) is 10.8 Å². The molecule has 2 heterocycles. The van der Waals surface area contributed by atoms with Crippen molar-refractivity contribution in [1.82, 2.24) is 4.98 Å². The molecule has 2 aromatic rings. The fraction of sp³-hybridized carbons (Fsp3) is 0.333. The fourth-order valence-corrected chi connectivity index (χ4v) is 2.25. The molecule has 0 radical (unpaired) electrons. The fourth-order valence-electron chi connectivity index (χ4n) is 1.47. The van der Waals surface area contributed by atoms with Gasteiger partial charge in [-0.25, -0.2) is 18.6 Å². The predicted octanol–water partition coefficient (Wildman–Crippen LogP) is 3.53. The molecule has 0 unspecified atom stereocenters. The van der Waals surface area contributed by atoms with Crippen LogP contribution in [-0.2, 0) is 4.74 Å². The Bertz CT molecular complexity index is 608. The van der Waals surface area contributed by atoms with E-state index in [1.807, 2.05) is 0 Å². The van der Waals surface area contributed by atoms with Crippen LogP contribution in [-0.4, -0.2) is 24.7 Å². The summed E-state index contributed by atoms with van der Waals surface area (Å²) in [6.07, 6.45) is -2.92. The number of carbonyl (C=O) groups excluding carboxylic acids is 1. The average Bonchev–Trinajstić information content (AvgIpc) is 3.05. The number of oxazole rings is 1. The first-order valence-electron chi connectivity index (χ1n) is 5.65. The van der Waals surface area contributed by atoms with E-state index in [1.165, 1.54) is 18.4 Å². The first-order chi connectivity index (χ1) is 9.56. The maximum Gasteiger partial charge on any atom is 0.376 e. The van der Waals surface area contributed by atoms with Crippen LogP contribution in [0.4, 0.5) is 8.78 Å². The van der Waals surface area contributed by atoms with Gasteiger partial charge in [0.25, 0.3) is 6.43 Å².